The molecule has 0 bridgehead atoms. The zero-order valence-corrected chi connectivity index (χ0v) is 6.21. The molecule has 1 fully saturated rings. The predicted octanol–water partition coefficient (Wildman–Crippen LogP) is -0.274. The predicted molar refractivity (Wildman–Crippen MR) is 39.6 cm³/mol. The van der Waals surface area contributed by atoms with E-state index in [-0.39, 0.29) is 6.54 Å². The summed E-state index contributed by atoms with van der Waals surface area (Å²) < 4.78 is 0. The molecule has 59 valence electrons. The van der Waals surface area contributed by atoms with Gasteiger partial charge in [0.25, 0.3) is 0 Å². The van der Waals surface area contributed by atoms with Crippen molar-refractivity contribution in [2.45, 2.75) is 18.9 Å². The van der Waals surface area contributed by atoms with Gasteiger partial charge in [-0.15, -0.1) is 0 Å². The highest BCUT2D eigenvalue weighted by Gasteiger charge is 2.14. The molecule has 1 aliphatic rings. The van der Waals surface area contributed by atoms with Crippen LogP contribution in [-0.4, -0.2) is 42.3 Å². The molecular formula is C7H15N2O. The molecular weight excluding hydrogens is 128 g/mol. The zero-order valence-electron chi connectivity index (χ0n) is 6.21. The van der Waals surface area contributed by atoms with Gasteiger partial charge in [-0.05, 0) is 25.9 Å². The van der Waals surface area contributed by atoms with Gasteiger partial charge in [0, 0.05) is 13.1 Å². The smallest absolute Gasteiger partial charge is 0.0805 e. The second-order valence-corrected chi connectivity index (χ2v) is 2.87. The van der Waals surface area contributed by atoms with E-state index >= 15 is 0 Å². The van der Waals surface area contributed by atoms with Gasteiger partial charge < -0.3 is 10.0 Å². The fourth-order valence-electron chi connectivity index (χ4n) is 1.33. The molecule has 3 heteroatoms. The molecule has 10 heavy (non-hydrogen) atoms. The molecule has 0 aromatic carbocycles. The van der Waals surface area contributed by atoms with Crippen LogP contribution < -0.4 is 5.73 Å². The zero-order chi connectivity index (χ0) is 7.40. The first kappa shape index (κ1) is 7.98. The first-order chi connectivity index (χ1) is 4.83. The Bertz CT molecular complexity index is 91.6. The fraction of sp³-hybridized carbons (Fsp3) is 1.00. The minimum atomic E-state index is -0.432. The number of nitrogens with zero attached hydrogens (tertiary/aromatic N) is 1. The molecule has 0 aliphatic carbocycles. The van der Waals surface area contributed by atoms with Crippen molar-refractivity contribution < 1.29 is 5.11 Å². The van der Waals surface area contributed by atoms with E-state index in [1.807, 2.05) is 0 Å². The lowest BCUT2D eigenvalue weighted by molar-refractivity contribution is 0.130. The summed E-state index contributed by atoms with van der Waals surface area (Å²) in [7, 11) is 0. The number of hydrogen-bond donors (Lipinski definition) is 1. The van der Waals surface area contributed by atoms with E-state index in [1.54, 1.807) is 0 Å². The third-order valence-corrected chi connectivity index (χ3v) is 1.90. The summed E-state index contributed by atoms with van der Waals surface area (Å²) in [6.07, 6.45) is 2.08. The molecule has 1 unspecified atom stereocenters. The SMILES string of the molecule is [NH]CC(O)CN1CCCC1. The maximum atomic E-state index is 9.09. The Morgan fingerprint density at radius 3 is 2.50 bits per heavy atom. The average Bonchev–Trinajstić information content (AvgIpc) is 2.40. The number of nitrogens with one attached hydrogen (secondary N) is 1. The van der Waals surface area contributed by atoms with Crippen LogP contribution in [0.1, 0.15) is 12.8 Å². The normalized spacial score (nSPS) is 23.4. The first-order valence-electron chi connectivity index (χ1n) is 3.88. The van der Waals surface area contributed by atoms with E-state index in [0.29, 0.717) is 6.54 Å². The summed E-state index contributed by atoms with van der Waals surface area (Å²) in [6.45, 7) is 3.05. The number of rotatable bonds is 3. The number of aliphatic hydroxyl groups excluding tert-OH is 1. The maximum absolute atomic E-state index is 9.09. The highest BCUT2D eigenvalue weighted by molar-refractivity contribution is 4.69. The van der Waals surface area contributed by atoms with Gasteiger partial charge in [-0.1, -0.05) is 0 Å². The van der Waals surface area contributed by atoms with Gasteiger partial charge in [0.2, 0.25) is 0 Å². The monoisotopic (exact) mass is 143 g/mol. The molecule has 1 saturated heterocycles. The second kappa shape index (κ2) is 3.91. The van der Waals surface area contributed by atoms with Crippen molar-refractivity contribution in [2.75, 3.05) is 26.2 Å². The summed E-state index contributed by atoms with van der Waals surface area (Å²) in [5.41, 5.74) is 6.90. The standard InChI is InChI=1S/C7H15N2O/c8-5-7(10)6-9-3-1-2-4-9/h7-8,10H,1-6H2. The third-order valence-electron chi connectivity index (χ3n) is 1.90. The summed E-state index contributed by atoms with van der Waals surface area (Å²) in [4.78, 5) is 2.22. The molecule has 1 heterocycles. The number of aliphatic hydroxyl groups is 1. The Hall–Kier alpha value is -0.120. The lowest BCUT2D eigenvalue weighted by Crippen LogP contribution is -2.32. The van der Waals surface area contributed by atoms with E-state index in [1.165, 1.54) is 12.8 Å². The van der Waals surface area contributed by atoms with E-state index < -0.39 is 6.10 Å². The van der Waals surface area contributed by atoms with Crippen molar-refractivity contribution in [1.29, 1.82) is 0 Å². The minimum Gasteiger partial charge on any atom is -0.390 e. The van der Waals surface area contributed by atoms with Gasteiger partial charge in [-0.25, -0.2) is 0 Å². The second-order valence-electron chi connectivity index (χ2n) is 2.87. The van der Waals surface area contributed by atoms with Gasteiger partial charge >= 0.3 is 0 Å². The Kier molecular flexibility index (Phi) is 3.12. The Balaban J connectivity index is 2.11. The quantitative estimate of drug-likeness (QED) is 0.591. The molecule has 0 saturated carbocycles. The molecule has 0 amide bonds. The van der Waals surface area contributed by atoms with Crippen LogP contribution in [0.3, 0.4) is 0 Å². The van der Waals surface area contributed by atoms with Crippen LogP contribution in [-0.2, 0) is 0 Å². The van der Waals surface area contributed by atoms with Crippen LogP contribution in [0.2, 0.25) is 0 Å². The topological polar surface area (TPSA) is 47.3 Å². The Labute approximate surface area is 61.8 Å². The van der Waals surface area contributed by atoms with Crippen LogP contribution in [0, 0.1) is 0 Å². The number of likely N-dealkylation sites (tertiary alicyclic amines) is 1. The number of β-amino-alcohol motifs (C(OH)–C–C–N with tert-alkyl or cyclic N) is 1. The summed E-state index contributed by atoms with van der Waals surface area (Å²) in [5, 5.41) is 9.09. The van der Waals surface area contributed by atoms with Crippen molar-refractivity contribution in [3.63, 3.8) is 0 Å². The molecule has 1 atom stereocenters. The Morgan fingerprint density at radius 1 is 1.40 bits per heavy atom. The molecule has 1 aliphatic heterocycles. The summed E-state index contributed by atoms with van der Waals surface area (Å²) >= 11 is 0. The first-order valence-corrected chi connectivity index (χ1v) is 3.88. The van der Waals surface area contributed by atoms with Crippen LogP contribution >= 0.6 is 0 Å². The molecule has 3 nitrogen and oxygen atoms in total. The van der Waals surface area contributed by atoms with Crippen molar-refractivity contribution in [3.05, 3.63) is 0 Å². The molecule has 1 rings (SSSR count). The summed E-state index contributed by atoms with van der Waals surface area (Å²) in [6, 6.07) is 0. The van der Waals surface area contributed by atoms with Crippen molar-refractivity contribution in [1.82, 2.24) is 10.6 Å². The van der Waals surface area contributed by atoms with Gasteiger partial charge in [0.1, 0.15) is 0 Å². The maximum Gasteiger partial charge on any atom is 0.0805 e. The molecule has 0 spiro atoms. The van der Waals surface area contributed by atoms with E-state index in [2.05, 4.69) is 4.90 Å². The van der Waals surface area contributed by atoms with Crippen LogP contribution in [0.25, 0.3) is 0 Å². The molecule has 0 aromatic rings. The van der Waals surface area contributed by atoms with Gasteiger partial charge in [0.05, 0.1) is 6.10 Å². The van der Waals surface area contributed by atoms with Gasteiger partial charge in [-0.3, -0.25) is 5.73 Å². The number of hydrogen-bond acceptors (Lipinski definition) is 2. The molecule has 2 N–H and O–H groups in total. The minimum absolute atomic E-state index is 0.135. The van der Waals surface area contributed by atoms with E-state index in [0.717, 1.165) is 13.1 Å². The molecule has 0 aromatic heterocycles. The lowest BCUT2D eigenvalue weighted by Gasteiger charge is -2.17. The van der Waals surface area contributed by atoms with Gasteiger partial charge in [-0.2, -0.15) is 0 Å². The molecule has 1 radical (unpaired) electrons. The fourth-order valence-corrected chi connectivity index (χ4v) is 1.33. The van der Waals surface area contributed by atoms with Crippen LogP contribution in [0.15, 0.2) is 0 Å². The van der Waals surface area contributed by atoms with E-state index in [9.17, 15) is 0 Å². The lowest BCUT2D eigenvalue weighted by atomic mass is 10.3. The Morgan fingerprint density at radius 2 is 2.00 bits per heavy atom. The highest BCUT2D eigenvalue weighted by Crippen LogP contribution is 2.06. The van der Waals surface area contributed by atoms with Gasteiger partial charge in [0.15, 0.2) is 0 Å². The van der Waals surface area contributed by atoms with Crippen LogP contribution in [0.5, 0.6) is 0 Å². The van der Waals surface area contributed by atoms with E-state index in [4.69, 9.17) is 10.8 Å². The van der Waals surface area contributed by atoms with Crippen LogP contribution in [0.4, 0.5) is 0 Å². The van der Waals surface area contributed by atoms with Crippen molar-refractivity contribution >= 4 is 0 Å². The average molecular weight is 143 g/mol. The third kappa shape index (κ3) is 2.25. The largest absolute Gasteiger partial charge is 0.390 e. The van der Waals surface area contributed by atoms with Crippen molar-refractivity contribution in [2.24, 2.45) is 0 Å². The summed E-state index contributed by atoms with van der Waals surface area (Å²) in [5.74, 6) is 0. The highest BCUT2D eigenvalue weighted by atomic mass is 16.3. The van der Waals surface area contributed by atoms with Crippen molar-refractivity contribution in [3.8, 4) is 0 Å².